The normalized spacial score (nSPS) is 10.4. The maximum atomic E-state index is 13.5. The van der Waals surface area contributed by atoms with Crippen LogP contribution in [-0.2, 0) is 0 Å². The number of carbonyl (C=O) groups is 2. The Hall–Kier alpha value is -2.11. The molecule has 0 heterocycles. The molecule has 22 heavy (non-hydrogen) atoms. The molecule has 4 nitrogen and oxygen atoms in total. The van der Waals surface area contributed by atoms with Crippen LogP contribution in [0.15, 0.2) is 30.3 Å². The maximum absolute atomic E-state index is 13.5. The highest BCUT2D eigenvalue weighted by Gasteiger charge is 2.16. The molecule has 0 aliphatic heterocycles. The van der Waals surface area contributed by atoms with Gasteiger partial charge in [-0.05, 0) is 31.2 Å². The SMILES string of the molecule is Cc1c(F)cccc1NC(=O)c1cc(Cl)c(Cl)cc1C(=O)[O-]. The van der Waals surface area contributed by atoms with Gasteiger partial charge < -0.3 is 15.2 Å². The molecule has 0 aromatic heterocycles. The number of carbonyl (C=O) groups excluding carboxylic acids is 2. The first-order valence-electron chi connectivity index (χ1n) is 6.08. The average molecular weight is 341 g/mol. The van der Waals surface area contributed by atoms with Crippen LogP contribution in [0, 0.1) is 12.7 Å². The van der Waals surface area contributed by atoms with E-state index in [0.717, 1.165) is 12.1 Å². The minimum Gasteiger partial charge on any atom is -0.545 e. The molecule has 0 saturated carbocycles. The van der Waals surface area contributed by atoms with Crippen molar-refractivity contribution in [1.29, 1.82) is 0 Å². The summed E-state index contributed by atoms with van der Waals surface area (Å²) in [7, 11) is 0. The quantitative estimate of drug-likeness (QED) is 0.933. The zero-order valence-electron chi connectivity index (χ0n) is 11.2. The summed E-state index contributed by atoms with van der Waals surface area (Å²) in [6.45, 7) is 1.49. The Labute approximate surface area is 135 Å². The third kappa shape index (κ3) is 3.21. The molecule has 0 unspecified atom stereocenters. The van der Waals surface area contributed by atoms with Crippen LogP contribution < -0.4 is 10.4 Å². The zero-order chi connectivity index (χ0) is 16.4. The Morgan fingerprint density at radius 3 is 2.32 bits per heavy atom. The number of carboxylic acids is 1. The summed E-state index contributed by atoms with van der Waals surface area (Å²) in [5.74, 6) is -2.82. The summed E-state index contributed by atoms with van der Waals surface area (Å²) in [6, 6.07) is 6.32. The van der Waals surface area contributed by atoms with E-state index in [1.165, 1.54) is 25.1 Å². The van der Waals surface area contributed by atoms with Gasteiger partial charge in [-0.15, -0.1) is 0 Å². The lowest BCUT2D eigenvalue weighted by molar-refractivity contribution is -0.255. The molecule has 0 aliphatic rings. The van der Waals surface area contributed by atoms with Crippen molar-refractivity contribution in [1.82, 2.24) is 0 Å². The third-order valence-corrected chi connectivity index (χ3v) is 3.76. The Morgan fingerprint density at radius 1 is 1.14 bits per heavy atom. The van der Waals surface area contributed by atoms with Gasteiger partial charge >= 0.3 is 0 Å². The molecule has 7 heteroatoms. The molecular weight excluding hydrogens is 332 g/mol. The zero-order valence-corrected chi connectivity index (χ0v) is 12.8. The number of amides is 1. The molecule has 2 aromatic carbocycles. The Kier molecular flexibility index (Phi) is 4.68. The van der Waals surface area contributed by atoms with Gasteiger partial charge in [0.05, 0.1) is 21.6 Å². The van der Waals surface area contributed by atoms with Crippen molar-refractivity contribution >= 4 is 40.8 Å². The fourth-order valence-electron chi connectivity index (χ4n) is 1.84. The van der Waals surface area contributed by atoms with Crippen molar-refractivity contribution in [3.05, 3.63) is 62.9 Å². The number of rotatable bonds is 3. The van der Waals surface area contributed by atoms with Crippen molar-refractivity contribution in [2.24, 2.45) is 0 Å². The van der Waals surface area contributed by atoms with E-state index in [9.17, 15) is 19.1 Å². The standard InChI is InChI=1S/C15H10Cl2FNO3/c1-7-12(18)3-2-4-13(7)19-14(20)8-5-10(16)11(17)6-9(8)15(21)22/h2-6H,1H3,(H,19,20)(H,21,22)/p-1. The highest BCUT2D eigenvalue weighted by atomic mass is 35.5. The molecule has 2 aromatic rings. The molecule has 2 rings (SSSR count). The van der Waals surface area contributed by atoms with Crippen LogP contribution in [0.5, 0.6) is 0 Å². The second kappa shape index (κ2) is 6.34. The summed E-state index contributed by atoms with van der Waals surface area (Å²) in [4.78, 5) is 23.4. The largest absolute Gasteiger partial charge is 0.545 e. The van der Waals surface area contributed by atoms with Gasteiger partial charge in [0.1, 0.15) is 5.82 Å². The highest BCUT2D eigenvalue weighted by molar-refractivity contribution is 6.42. The number of aromatic carboxylic acids is 1. The second-order valence-corrected chi connectivity index (χ2v) is 5.28. The van der Waals surface area contributed by atoms with E-state index in [-0.39, 0.29) is 26.9 Å². The van der Waals surface area contributed by atoms with Crippen molar-refractivity contribution in [2.75, 3.05) is 5.32 Å². The van der Waals surface area contributed by atoms with Crippen LogP contribution in [0.2, 0.25) is 10.0 Å². The molecule has 0 spiro atoms. The average Bonchev–Trinajstić information content (AvgIpc) is 2.46. The Balaban J connectivity index is 2.43. The van der Waals surface area contributed by atoms with Crippen molar-refractivity contribution < 1.29 is 19.1 Å². The molecule has 1 N–H and O–H groups in total. The van der Waals surface area contributed by atoms with Gasteiger partial charge in [-0.2, -0.15) is 0 Å². The topological polar surface area (TPSA) is 69.2 Å². The summed E-state index contributed by atoms with van der Waals surface area (Å²) >= 11 is 11.5. The molecule has 0 atom stereocenters. The molecular formula is C15H9Cl2FNO3-. The van der Waals surface area contributed by atoms with Crippen LogP contribution in [0.25, 0.3) is 0 Å². The minimum atomic E-state index is -1.57. The summed E-state index contributed by atoms with van der Waals surface area (Å²) < 4.78 is 13.5. The molecule has 1 amide bonds. The first-order chi connectivity index (χ1) is 10.3. The van der Waals surface area contributed by atoms with Gasteiger partial charge in [-0.1, -0.05) is 29.3 Å². The van der Waals surface area contributed by atoms with E-state index in [0.29, 0.717) is 0 Å². The number of benzene rings is 2. The third-order valence-electron chi connectivity index (χ3n) is 3.04. The summed E-state index contributed by atoms with van der Waals surface area (Å²) in [6.07, 6.45) is 0. The molecule has 0 aliphatic carbocycles. The van der Waals surface area contributed by atoms with E-state index < -0.39 is 23.3 Å². The number of hydrogen-bond donors (Lipinski definition) is 1. The molecule has 0 bridgehead atoms. The van der Waals surface area contributed by atoms with Gasteiger partial charge in [-0.25, -0.2) is 4.39 Å². The van der Waals surface area contributed by atoms with Gasteiger partial charge in [0.25, 0.3) is 5.91 Å². The molecule has 0 fully saturated rings. The lowest BCUT2D eigenvalue weighted by Crippen LogP contribution is -2.26. The van der Waals surface area contributed by atoms with Crippen LogP contribution >= 0.6 is 23.2 Å². The van der Waals surface area contributed by atoms with Gasteiger partial charge in [0.2, 0.25) is 0 Å². The van der Waals surface area contributed by atoms with E-state index in [1.807, 2.05) is 0 Å². The number of halogens is 3. The first-order valence-corrected chi connectivity index (χ1v) is 6.83. The van der Waals surface area contributed by atoms with Crippen LogP contribution in [0.4, 0.5) is 10.1 Å². The number of hydrogen-bond acceptors (Lipinski definition) is 3. The smallest absolute Gasteiger partial charge is 0.256 e. The second-order valence-electron chi connectivity index (χ2n) is 4.47. The van der Waals surface area contributed by atoms with Crippen LogP contribution in [0.1, 0.15) is 26.3 Å². The van der Waals surface area contributed by atoms with Crippen molar-refractivity contribution in [3.8, 4) is 0 Å². The van der Waals surface area contributed by atoms with E-state index >= 15 is 0 Å². The lowest BCUT2D eigenvalue weighted by atomic mass is 10.1. The fourth-order valence-corrected chi connectivity index (χ4v) is 2.16. The van der Waals surface area contributed by atoms with E-state index in [2.05, 4.69) is 5.32 Å². The maximum Gasteiger partial charge on any atom is 0.256 e. The summed E-state index contributed by atoms with van der Waals surface area (Å²) in [5, 5.41) is 13.6. The molecule has 114 valence electrons. The predicted octanol–water partition coefficient (Wildman–Crippen LogP) is 3.06. The molecule has 0 saturated heterocycles. The Bertz CT molecular complexity index is 778. The van der Waals surface area contributed by atoms with Crippen LogP contribution in [0.3, 0.4) is 0 Å². The predicted molar refractivity (Wildman–Crippen MR) is 79.9 cm³/mol. The number of carboxylic acid groups (broad SMARTS) is 1. The van der Waals surface area contributed by atoms with Crippen molar-refractivity contribution in [3.63, 3.8) is 0 Å². The van der Waals surface area contributed by atoms with Gasteiger partial charge in [-0.3, -0.25) is 4.79 Å². The van der Waals surface area contributed by atoms with E-state index in [4.69, 9.17) is 23.2 Å². The van der Waals surface area contributed by atoms with Gasteiger partial charge in [0, 0.05) is 16.8 Å². The van der Waals surface area contributed by atoms with Gasteiger partial charge in [0.15, 0.2) is 0 Å². The first kappa shape index (κ1) is 16.3. The summed E-state index contributed by atoms with van der Waals surface area (Å²) in [5.41, 5.74) is -0.176. The number of anilines is 1. The molecule has 0 radical (unpaired) electrons. The Morgan fingerprint density at radius 2 is 1.73 bits per heavy atom. The minimum absolute atomic E-state index is 0.0145. The highest BCUT2D eigenvalue weighted by Crippen LogP contribution is 2.27. The monoisotopic (exact) mass is 340 g/mol. The number of nitrogens with one attached hydrogen (secondary N) is 1. The van der Waals surface area contributed by atoms with E-state index in [1.54, 1.807) is 0 Å². The van der Waals surface area contributed by atoms with Crippen LogP contribution in [-0.4, -0.2) is 11.9 Å². The lowest BCUT2D eigenvalue weighted by Gasteiger charge is -2.13. The van der Waals surface area contributed by atoms with Crippen molar-refractivity contribution in [2.45, 2.75) is 6.92 Å². The fraction of sp³-hybridized carbons (Fsp3) is 0.0667.